The quantitative estimate of drug-likeness (QED) is 0.440. The minimum atomic E-state index is -0.677. The molecule has 0 spiro atoms. The van der Waals surface area contributed by atoms with E-state index in [1.807, 2.05) is 20.8 Å². The van der Waals surface area contributed by atoms with Crippen molar-refractivity contribution in [2.24, 2.45) is 5.92 Å². The van der Waals surface area contributed by atoms with E-state index in [9.17, 15) is 19.2 Å². The van der Waals surface area contributed by atoms with Gasteiger partial charge in [-0.1, -0.05) is 27.2 Å². The SMILES string of the molecule is CCCCn1c(N)c(N(CCC(C)C)C(=O)CCCNC(=O)OC(C)(C)C)c(=O)[nH]c1=O. The largest absolute Gasteiger partial charge is 0.444 e. The van der Waals surface area contributed by atoms with Crippen LogP contribution in [0.4, 0.5) is 16.3 Å². The van der Waals surface area contributed by atoms with Crippen LogP contribution < -0.4 is 27.2 Å². The molecule has 0 aliphatic rings. The number of carbonyl (C=O) groups excluding carboxylic acids is 2. The van der Waals surface area contributed by atoms with Crippen LogP contribution >= 0.6 is 0 Å². The monoisotopic (exact) mass is 453 g/mol. The van der Waals surface area contributed by atoms with Gasteiger partial charge in [0.05, 0.1) is 0 Å². The van der Waals surface area contributed by atoms with E-state index in [2.05, 4.69) is 10.3 Å². The number of H-pyrrole nitrogens is 1. The van der Waals surface area contributed by atoms with Gasteiger partial charge in [-0.05, 0) is 46.0 Å². The molecule has 1 aromatic rings. The number of ether oxygens (including phenoxy) is 1. The third-order valence-corrected chi connectivity index (χ3v) is 4.69. The second-order valence-electron chi connectivity index (χ2n) is 9.26. The molecule has 0 aliphatic carbocycles. The number of hydrogen-bond donors (Lipinski definition) is 3. The molecule has 0 saturated heterocycles. The summed E-state index contributed by atoms with van der Waals surface area (Å²) >= 11 is 0. The second-order valence-corrected chi connectivity index (χ2v) is 9.26. The van der Waals surface area contributed by atoms with Crippen molar-refractivity contribution >= 4 is 23.5 Å². The van der Waals surface area contributed by atoms with E-state index in [4.69, 9.17) is 10.5 Å². The van der Waals surface area contributed by atoms with Gasteiger partial charge in [0.15, 0.2) is 5.69 Å². The Morgan fingerprint density at radius 1 is 1.22 bits per heavy atom. The van der Waals surface area contributed by atoms with Crippen molar-refractivity contribution in [2.75, 3.05) is 23.7 Å². The number of amides is 2. The number of nitrogen functional groups attached to an aromatic ring is 1. The van der Waals surface area contributed by atoms with Crippen LogP contribution in [0.15, 0.2) is 9.59 Å². The fourth-order valence-corrected chi connectivity index (χ4v) is 3.00. The van der Waals surface area contributed by atoms with Crippen LogP contribution in [0.25, 0.3) is 0 Å². The fraction of sp³-hybridized carbons (Fsp3) is 0.727. The highest BCUT2D eigenvalue weighted by molar-refractivity contribution is 5.95. The Balaban J connectivity index is 3.01. The first-order valence-electron chi connectivity index (χ1n) is 11.3. The number of nitrogens with two attached hydrogens (primary N) is 1. The predicted octanol–water partition coefficient (Wildman–Crippen LogP) is 2.60. The lowest BCUT2D eigenvalue weighted by molar-refractivity contribution is -0.118. The Kier molecular flexibility index (Phi) is 10.5. The molecule has 1 rings (SSSR count). The summed E-state index contributed by atoms with van der Waals surface area (Å²) in [6, 6.07) is 0. The molecule has 4 N–H and O–H groups in total. The first-order chi connectivity index (χ1) is 14.9. The lowest BCUT2D eigenvalue weighted by atomic mass is 10.1. The van der Waals surface area contributed by atoms with Crippen LogP contribution in [-0.4, -0.2) is 40.2 Å². The highest BCUT2D eigenvalue weighted by atomic mass is 16.6. The van der Waals surface area contributed by atoms with Crippen LogP contribution in [0, 0.1) is 5.92 Å². The maximum absolute atomic E-state index is 13.0. The minimum Gasteiger partial charge on any atom is -0.444 e. The molecule has 0 saturated carbocycles. The van der Waals surface area contributed by atoms with Gasteiger partial charge in [0.25, 0.3) is 5.56 Å². The summed E-state index contributed by atoms with van der Waals surface area (Å²) in [7, 11) is 0. The molecule has 0 radical (unpaired) electrons. The van der Waals surface area contributed by atoms with Crippen molar-refractivity contribution < 1.29 is 14.3 Å². The summed E-state index contributed by atoms with van der Waals surface area (Å²) in [5.74, 6) is -0.00356. The molecular formula is C22H39N5O5. The van der Waals surface area contributed by atoms with Gasteiger partial charge < -0.3 is 20.7 Å². The number of anilines is 2. The van der Waals surface area contributed by atoms with Gasteiger partial charge in [0, 0.05) is 26.1 Å². The van der Waals surface area contributed by atoms with E-state index in [-0.39, 0.29) is 30.4 Å². The molecule has 0 atom stereocenters. The minimum absolute atomic E-state index is 0.00353. The zero-order chi connectivity index (χ0) is 24.5. The van der Waals surface area contributed by atoms with Gasteiger partial charge in [0.2, 0.25) is 5.91 Å². The summed E-state index contributed by atoms with van der Waals surface area (Å²) in [5.41, 5.74) is 4.34. The summed E-state index contributed by atoms with van der Waals surface area (Å²) in [5, 5.41) is 2.62. The van der Waals surface area contributed by atoms with Crippen LogP contribution in [0.3, 0.4) is 0 Å². The third-order valence-electron chi connectivity index (χ3n) is 4.69. The smallest absolute Gasteiger partial charge is 0.407 e. The number of carbonyl (C=O) groups is 2. The van der Waals surface area contributed by atoms with Crippen molar-refractivity contribution in [3.8, 4) is 0 Å². The molecular weight excluding hydrogens is 414 g/mol. The maximum atomic E-state index is 13.0. The Hall–Kier alpha value is -2.78. The molecule has 0 aliphatic heterocycles. The lowest BCUT2D eigenvalue weighted by Gasteiger charge is -2.25. The zero-order valence-electron chi connectivity index (χ0n) is 20.2. The van der Waals surface area contributed by atoms with Crippen molar-refractivity contribution in [1.82, 2.24) is 14.9 Å². The third kappa shape index (κ3) is 8.76. The first-order valence-corrected chi connectivity index (χ1v) is 11.3. The standard InChI is InChI=1S/C22H39N5O5/c1-7-8-13-27-18(23)17(19(29)25-20(27)30)26(14-11-15(2)3)16(28)10-9-12-24-21(31)32-22(4,5)6/h15H,7-14,23H2,1-6H3,(H,24,31)(H,25,29,30). The molecule has 10 heteroatoms. The average molecular weight is 454 g/mol. The van der Waals surface area contributed by atoms with E-state index >= 15 is 0 Å². The highest BCUT2D eigenvalue weighted by Crippen LogP contribution is 2.20. The summed E-state index contributed by atoms with van der Waals surface area (Å²) in [6.45, 7) is 12.2. The predicted molar refractivity (Wildman–Crippen MR) is 126 cm³/mol. The molecule has 182 valence electrons. The number of rotatable bonds is 11. The molecule has 0 unspecified atom stereocenters. The molecule has 2 amide bonds. The van der Waals surface area contributed by atoms with Gasteiger partial charge in [-0.15, -0.1) is 0 Å². The van der Waals surface area contributed by atoms with Gasteiger partial charge in [0.1, 0.15) is 11.4 Å². The number of unbranched alkanes of at least 4 members (excludes halogenated alkanes) is 1. The number of alkyl carbamates (subject to hydrolysis) is 1. The Morgan fingerprint density at radius 2 is 1.88 bits per heavy atom. The average Bonchev–Trinajstić information content (AvgIpc) is 2.65. The fourth-order valence-electron chi connectivity index (χ4n) is 3.00. The molecule has 0 aromatic carbocycles. The van der Waals surface area contributed by atoms with Crippen LogP contribution in [0.2, 0.25) is 0 Å². The number of aromatic nitrogens is 2. The summed E-state index contributed by atoms with van der Waals surface area (Å²) in [6.07, 6.45) is 2.14. The number of hydrogen-bond acceptors (Lipinski definition) is 6. The topological polar surface area (TPSA) is 140 Å². The van der Waals surface area contributed by atoms with Crippen LogP contribution in [-0.2, 0) is 16.1 Å². The Morgan fingerprint density at radius 3 is 2.44 bits per heavy atom. The van der Waals surface area contributed by atoms with E-state index < -0.39 is 22.9 Å². The number of aromatic amines is 1. The van der Waals surface area contributed by atoms with E-state index in [1.165, 1.54) is 9.47 Å². The molecule has 10 nitrogen and oxygen atoms in total. The highest BCUT2D eigenvalue weighted by Gasteiger charge is 2.24. The van der Waals surface area contributed by atoms with Crippen molar-refractivity contribution in [2.45, 2.75) is 85.8 Å². The first kappa shape index (κ1) is 27.3. The van der Waals surface area contributed by atoms with Crippen molar-refractivity contribution in [1.29, 1.82) is 0 Å². The number of nitrogens with zero attached hydrogens (tertiary/aromatic N) is 2. The van der Waals surface area contributed by atoms with Gasteiger partial charge in [-0.25, -0.2) is 9.59 Å². The van der Waals surface area contributed by atoms with Crippen molar-refractivity contribution in [3.05, 3.63) is 20.8 Å². The van der Waals surface area contributed by atoms with Gasteiger partial charge in [-0.2, -0.15) is 0 Å². The van der Waals surface area contributed by atoms with Crippen molar-refractivity contribution in [3.63, 3.8) is 0 Å². The van der Waals surface area contributed by atoms with Gasteiger partial charge >= 0.3 is 11.8 Å². The molecule has 32 heavy (non-hydrogen) atoms. The zero-order valence-corrected chi connectivity index (χ0v) is 20.2. The normalized spacial score (nSPS) is 11.5. The molecule has 0 fully saturated rings. The number of nitrogens with one attached hydrogen (secondary N) is 2. The molecule has 1 aromatic heterocycles. The Bertz CT molecular complexity index is 882. The lowest BCUT2D eigenvalue weighted by Crippen LogP contribution is -2.42. The van der Waals surface area contributed by atoms with Crippen LogP contribution in [0.1, 0.15) is 73.6 Å². The molecule has 1 heterocycles. The van der Waals surface area contributed by atoms with E-state index in [0.717, 1.165) is 6.42 Å². The second kappa shape index (κ2) is 12.3. The maximum Gasteiger partial charge on any atom is 0.407 e. The molecule has 0 bridgehead atoms. The Labute approximate surface area is 189 Å². The van der Waals surface area contributed by atoms with Gasteiger partial charge in [-0.3, -0.25) is 19.1 Å². The summed E-state index contributed by atoms with van der Waals surface area (Å²) < 4.78 is 6.48. The van der Waals surface area contributed by atoms with E-state index in [0.29, 0.717) is 38.3 Å². The van der Waals surface area contributed by atoms with E-state index in [1.54, 1.807) is 20.8 Å². The van der Waals surface area contributed by atoms with Crippen LogP contribution in [0.5, 0.6) is 0 Å². The summed E-state index contributed by atoms with van der Waals surface area (Å²) in [4.78, 5) is 53.3.